The molecule has 0 unspecified atom stereocenters. The first kappa shape index (κ1) is 10.9. The summed E-state index contributed by atoms with van der Waals surface area (Å²) in [5.41, 5.74) is 4.93. The molecule has 0 aromatic carbocycles. The number of rotatable bonds is 4. The molecule has 12 heavy (non-hydrogen) atoms. The summed E-state index contributed by atoms with van der Waals surface area (Å²) in [6.07, 6.45) is -0.700. The van der Waals surface area contributed by atoms with Crippen LogP contribution in [0, 0.1) is 0 Å². The number of aliphatic hydroxyl groups is 1. The molecule has 0 heterocycles. The molecule has 5 nitrogen and oxygen atoms in total. The van der Waals surface area contributed by atoms with Crippen molar-refractivity contribution in [3.05, 3.63) is 0 Å². The Bertz CT molecular complexity index is 179. The number of carbonyl (C=O) groups excluding carboxylic acids is 2. The van der Waals surface area contributed by atoms with Crippen LogP contribution in [0.15, 0.2) is 0 Å². The van der Waals surface area contributed by atoms with Crippen LogP contribution in [0.2, 0.25) is 0 Å². The summed E-state index contributed by atoms with van der Waals surface area (Å²) in [5.74, 6) is -1.04. The van der Waals surface area contributed by atoms with Crippen molar-refractivity contribution in [3.8, 4) is 0 Å². The van der Waals surface area contributed by atoms with Crippen molar-refractivity contribution in [1.29, 1.82) is 0 Å². The van der Waals surface area contributed by atoms with Crippen LogP contribution in [-0.2, 0) is 9.59 Å². The highest BCUT2D eigenvalue weighted by molar-refractivity contribution is 5.86. The minimum absolute atomic E-state index is 0.260. The van der Waals surface area contributed by atoms with Gasteiger partial charge in [0.1, 0.15) is 6.04 Å². The fraction of sp³-hybridized carbons (Fsp3) is 0.714. The highest BCUT2D eigenvalue weighted by Crippen LogP contribution is 1.92. The zero-order valence-corrected chi connectivity index (χ0v) is 7.20. The van der Waals surface area contributed by atoms with Crippen molar-refractivity contribution < 1.29 is 14.7 Å². The molecule has 0 aliphatic heterocycles. The van der Waals surface area contributed by atoms with Crippen LogP contribution in [0.5, 0.6) is 0 Å². The summed E-state index contributed by atoms with van der Waals surface area (Å²) >= 11 is 0. The molecule has 0 bridgehead atoms. The van der Waals surface area contributed by atoms with Crippen LogP contribution in [0.25, 0.3) is 0 Å². The monoisotopic (exact) mass is 174 g/mol. The summed E-state index contributed by atoms with van der Waals surface area (Å²) in [7, 11) is 0. The van der Waals surface area contributed by atoms with Gasteiger partial charge in [-0.05, 0) is 6.92 Å². The molecule has 0 aliphatic rings. The van der Waals surface area contributed by atoms with E-state index in [-0.39, 0.29) is 12.3 Å². The summed E-state index contributed by atoms with van der Waals surface area (Å²) in [6.45, 7) is 3.04. The Morgan fingerprint density at radius 1 is 1.58 bits per heavy atom. The number of amides is 2. The van der Waals surface area contributed by atoms with E-state index in [4.69, 9.17) is 10.8 Å². The van der Waals surface area contributed by atoms with E-state index in [2.05, 4.69) is 5.32 Å². The van der Waals surface area contributed by atoms with Crippen LogP contribution in [-0.4, -0.2) is 29.1 Å². The van der Waals surface area contributed by atoms with E-state index in [1.54, 1.807) is 6.92 Å². The van der Waals surface area contributed by atoms with Gasteiger partial charge in [0.15, 0.2) is 0 Å². The van der Waals surface area contributed by atoms with Crippen LogP contribution in [0.3, 0.4) is 0 Å². The number of hydrogen-bond donors (Lipinski definition) is 3. The molecule has 0 saturated heterocycles. The summed E-state index contributed by atoms with van der Waals surface area (Å²) in [5, 5.41) is 11.3. The molecule has 0 fully saturated rings. The zero-order chi connectivity index (χ0) is 9.72. The second-order valence-electron chi connectivity index (χ2n) is 2.54. The first-order chi connectivity index (χ1) is 5.49. The van der Waals surface area contributed by atoms with Gasteiger partial charge < -0.3 is 16.2 Å². The van der Waals surface area contributed by atoms with Crippen LogP contribution in [0.1, 0.15) is 20.3 Å². The average molecular weight is 174 g/mol. The molecular weight excluding hydrogens is 160 g/mol. The van der Waals surface area contributed by atoms with Gasteiger partial charge in [-0.2, -0.15) is 0 Å². The number of nitrogens with one attached hydrogen (secondary N) is 1. The van der Waals surface area contributed by atoms with E-state index >= 15 is 0 Å². The number of primary amides is 1. The quantitative estimate of drug-likeness (QED) is 0.497. The molecule has 0 radical (unpaired) electrons. The molecule has 0 aromatic rings. The minimum atomic E-state index is -0.988. The van der Waals surface area contributed by atoms with E-state index < -0.39 is 18.1 Å². The molecule has 5 heteroatoms. The fourth-order valence-corrected chi connectivity index (χ4v) is 0.705. The fourth-order valence-electron chi connectivity index (χ4n) is 0.705. The summed E-state index contributed by atoms with van der Waals surface area (Å²) in [4.78, 5) is 21.4. The topological polar surface area (TPSA) is 92.4 Å². The normalized spacial score (nSPS) is 14.9. The predicted octanol–water partition coefficient (Wildman–Crippen LogP) is -1.25. The smallest absolute Gasteiger partial charge is 0.242 e. The SMILES string of the molecule is CCC(=O)N[C@H](C(N)=O)[C@@H](C)O. The van der Waals surface area contributed by atoms with Crippen LogP contribution >= 0.6 is 0 Å². The maximum absolute atomic E-state index is 10.8. The van der Waals surface area contributed by atoms with Gasteiger partial charge in [-0.25, -0.2) is 0 Å². The number of hydrogen-bond acceptors (Lipinski definition) is 3. The Hall–Kier alpha value is -1.10. The Balaban J connectivity index is 4.14. The molecule has 0 aromatic heterocycles. The van der Waals surface area contributed by atoms with Crippen molar-refractivity contribution in [2.75, 3.05) is 0 Å². The Kier molecular flexibility index (Phi) is 4.28. The lowest BCUT2D eigenvalue weighted by Crippen LogP contribution is -2.50. The molecule has 0 aliphatic carbocycles. The van der Waals surface area contributed by atoms with E-state index in [1.165, 1.54) is 6.92 Å². The van der Waals surface area contributed by atoms with E-state index in [9.17, 15) is 9.59 Å². The van der Waals surface area contributed by atoms with Crippen LogP contribution < -0.4 is 11.1 Å². The maximum Gasteiger partial charge on any atom is 0.242 e. The number of aliphatic hydroxyl groups excluding tert-OH is 1. The third-order valence-corrected chi connectivity index (χ3v) is 1.43. The predicted molar refractivity (Wildman–Crippen MR) is 43.1 cm³/mol. The van der Waals surface area contributed by atoms with Crippen molar-refractivity contribution in [2.45, 2.75) is 32.4 Å². The average Bonchev–Trinajstić information content (AvgIpc) is 1.98. The van der Waals surface area contributed by atoms with Gasteiger partial charge in [-0.3, -0.25) is 9.59 Å². The van der Waals surface area contributed by atoms with Gasteiger partial charge in [0.05, 0.1) is 6.10 Å². The lowest BCUT2D eigenvalue weighted by molar-refractivity contribution is -0.129. The minimum Gasteiger partial charge on any atom is -0.391 e. The van der Waals surface area contributed by atoms with Crippen LogP contribution in [0.4, 0.5) is 0 Å². The van der Waals surface area contributed by atoms with Crippen molar-refractivity contribution >= 4 is 11.8 Å². The highest BCUT2D eigenvalue weighted by Gasteiger charge is 2.21. The molecule has 0 rings (SSSR count). The summed E-state index contributed by atoms with van der Waals surface area (Å²) < 4.78 is 0. The van der Waals surface area contributed by atoms with Crippen molar-refractivity contribution in [1.82, 2.24) is 5.32 Å². The Morgan fingerprint density at radius 2 is 2.08 bits per heavy atom. The van der Waals surface area contributed by atoms with Gasteiger partial charge in [-0.1, -0.05) is 6.92 Å². The van der Waals surface area contributed by atoms with E-state index in [0.29, 0.717) is 0 Å². The van der Waals surface area contributed by atoms with Crippen molar-refractivity contribution in [3.63, 3.8) is 0 Å². The number of nitrogens with two attached hydrogens (primary N) is 1. The third-order valence-electron chi connectivity index (χ3n) is 1.43. The van der Waals surface area contributed by atoms with Gasteiger partial charge in [0.25, 0.3) is 0 Å². The van der Waals surface area contributed by atoms with Gasteiger partial charge in [-0.15, -0.1) is 0 Å². The van der Waals surface area contributed by atoms with E-state index in [0.717, 1.165) is 0 Å². The van der Waals surface area contributed by atoms with E-state index in [1.807, 2.05) is 0 Å². The first-order valence-electron chi connectivity index (χ1n) is 3.75. The maximum atomic E-state index is 10.8. The second kappa shape index (κ2) is 4.71. The number of carbonyl (C=O) groups is 2. The largest absolute Gasteiger partial charge is 0.391 e. The molecule has 2 amide bonds. The zero-order valence-electron chi connectivity index (χ0n) is 7.20. The molecule has 0 spiro atoms. The standard InChI is InChI=1S/C7H14N2O3/c1-3-5(11)9-6(4(2)10)7(8)12/h4,6,10H,3H2,1-2H3,(H2,8,12)(H,9,11)/t4-,6+/m1/s1. The second-order valence-corrected chi connectivity index (χ2v) is 2.54. The lowest BCUT2D eigenvalue weighted by atomic mass is 10.1. The highest BCUT2D eigenvalue weighted by atomic mass is 16.3. The van der Waals surface area contributed by atoms with Gasteiger partial charge in [0, 0.05) is 6.42 Å². The molecule has 4 N–H and O–H groups in total. The molecule has 2 atom stereocenters. The molecule has 70 valence electrons. The van der Waals surface area contributed by atoms with Gasteiger partial charge in [0.2, 0.25) is 11.8 Å². The third kappa shape index (κ3) is 3.34. The van der Waals surface area contributed by atoms with Gasteiger partial charge >= 0.3 is 0 Å². The lowest BCUT2D eigenvalue weighted by Gasteiger charge is -2.17. The summed E-state index contributed by atoms with van der Waals surface area (Å²) in [6, 6.07) is -0.988. The Labute approximate surface area is 70.9 Å². The first-order valence-corrected chi connectivity index (χ1v) is 3.75. The molecule has 0 saturated carbocycles. The van der Waals surface area contributed by atoms with Crippen molar-refractivity contribution in [2.24, 2.45) is 5.73 Å². The molecular formula is C7H14N2O3. The Morgan fingerprint density at radius 3 is 2.33 bits per heavy atom.